The molecule has 2 aliphatic carbocycles. The van der Waals surface area contributed by atoms with E-state index in [0.717, 1.165) is 37.7 Å². The molecule has 1 unspecified atom stereocenters. The smallest absolute Gasteiger partial charge is 0.261 e. The number of ether oxygens (including phenoxy) is 1. The van der Waals surface area contributed by atoms with Crippen molar-refractivity contribution in [1.29, 1.82) is 0 Å². The van der Waals surface area contributed by atoms with Gasteiger partial charge in [-0.05, 0) is 57.4 Å². The molecule has 0 aromatic heterocycles. The molecule has 1 aromatic carbocycles. The van der Waals surface area contributed by atoms with Crippen LogP contribution in [0.15, 0.2) is 36.1 Å². The Morgan fingerprint density at radius 3 is 2.54 bits per heavy atom. The van der Waals surface area contributed by atoms with Crippen molar-refractivity contribution in [3.05, 3.63) is 41.7 Å². The van der Waals surface area contributed by atoms with Gasteiger partial charge in [0.25, 0.3) is 5.91 Å². The van der Waals surface area contributed by atoms with Gasteiger partial charge in [0.1, 0.15) is 5.76 Å². The zero-order valence-corrected chi connectivity index (χ0v) is 15.9. The van der Waals surface area contributed by atoms with Crippen molar-refractivity contribution in [2.75, 3.05) is 6.73 Å². The third-order valence-corrected chi connectivity index (χ3v) is 6.68. The highest BCUT2D eigenvalue weighted by Gasteiger charge is 2.58. The van der Waals surface area contributed by atoms with E-state index < -0.39 is 5.54 Å². The first-order valence-electron chi connectivity index (χ1n) is 9.62. The topological polar surface area (TPSA) is 46.6 Å². The number of hydrogen-bond donors (Lipinski definition) is 0. The first-order chi connectivity index (χ1) is 12.4. The molecule has 138 valence electrons. The van der Waals surface area contributed by atoms with Crippen LogP contribution in [0.1, 0.15) is 58.4 Å². The predicted molar refractivity (Wildman–Crippen MR) is 99.9 cm³/mol. The average Bonchev–Trinajstić information content (AvgIpc) is 3.26. The van der Waals surface area contributed by atoms with Crippen LogP contribution in [0.4, 0.5) is 0 Å². The fraction of sp³-hybridized carbons (Fsp3) is 0.545. The number of carbonyl (C=O) groups excluding carboxylic acids is 2. The first-order valence-corrected chi connectivity index (χ1v) is 9.62. The Bertz CT molecular complexity index is 774. The van der Waals surface area contributed by atoms with Gasteiger partial charge in [0.2, 0.25) is 0 Å². The SMILES string of the molecule is CC1=C(c2ccccc2)C(=O)N(C(C)(C)C(=O)C2CCCC23CC3)CO1. The molecule has 26 heavy (non-hydrogen) atoms. The molecule has 1 heterocycles. The Morgan fingerprint density at radius 2 is 1.88 bits per heavy atom. The molecule has 0 radical (unpaired) electrons. The van der Waals surface area contributed by atoms with Crippen molar-refractivity contribution in [3.8, 4) is 0 Å². The zero-order valence-electron chi connectivity index (χ0n) is 15.9. The minimum atomic E-state index is -0.859. The van der Waals surface area contributed by atoms with Crippen molar-refractivity contribution in [2.45, 2.75) is 58.4 Å². The number of Topliss-reactive ketones (excluding diaryl/α,β-unsaturated/α-hetero) is 1. The molecule has 1 spiro atoms. The number of benzene rings is 1. The summed E-state index contributed by atoms with van der Waals surface area (Å²) in [6.07, 6.45) is 5.59. The molecular weight excluding hydrogens is 326 g/mol. The second kappa shape index (κ2) is 5.97. The summed E-state index contributed by atoms with van der Waals surface area (Å²) in [6.45, 7) is 5.73. The highest BCUT2D eigenvalue weighted by molar-refractivity contribution is 6.21. The third-order valence-electron chi connectivity index (χ3n) is 6.68. The summed E-state index contributed by atoms with van der Waals surface area (Å²) in [5.74, 6) is 0.815. The lowest BCUT2D eigenvalue weighted by Gasteiger charge is -2.42. The summed E-state index contributed by atoms with van der Waals surface area (Å²) >= 11 is 0. The summed E-state index contributed by atoms with van der Waals surface area (Å²) < 4.78 is 5.83. The van der Waals surface area contributed by atoms with E-state index in [-0.39, 0.29) is 29.8 Å². The molecule has 0 saturated heterocycles. The molecular formula is C22H27NO3. The third kappa shape index (κ3) is 2.58. The maximum absolute atomic E-state index is 13.4. The number of carbonyl (C=O) groups is 2. The van der Waals surface area contributed by atoms with E-state index in [2.05, 4.69) is 0 Å². The number of ketones is 1. The first kappa shape index (κ1) is 17.3. The molecule has 1 aromatic rings. The maximum atomic E-state index is 13.4. The Hall–Kier alpha value is -2.10. The van der Waals surface area contributed by atoms with Crippen LogP contribution in [0.3, 0.4) is 0 Å². The monoisotopic (exact) mass is 353 g/mol. The van der Waals surface area contributed by atoms with Gasteiger partial charge in [-0.15, -0.1) is 0 Å². The zero-order chi connectivity index (χ0) is 18.5. The van der Waals surface area contributed by atoms with Crippen molar-refractivity contribution in [2.24, 2.45) is 11.3 Å². The largest absolute Gasteiger partial charge is 0.477 e. The van der Waals surface area contributed by atoms with Crippen LogP contribution in [-0.2, 0) is 14.3 Å². The summed E-state index contributed by atoms with van der Waals surface area (Å²) in [6, 6.07) is 9.57. The minimum absolute atomic E-state index is 0.0949. The molecule has 4 heteroatoms. The number of amides is 1. The van der Waals surface area contributed by atoms with Gasteiger partial charge in [-0.1, -0.05) is 36.8 Å². The van der Waals surface area contributed by atoms with Crippen molar-refractivity contribution >= 4 is 17.3 Å². The highest BCUT2D eigenvalue weighted by Crippen LogP contribution is 2.62. The van der Waals surface area contributed by atoms with Gasteiger partial charge in [-0.25, -0.2) is 0 Å². The van der Waals surface area contributed by atoms with Gasteiger partial charge >= 0.3 is 0 Å². The average molecular weight is 353 g/mol. The van der Waals surface area contributed by atoms with Crippen LogP contribution in [-0.4, -0.2) is 28.9 Å². The Morgan fingerprint density at radius 1 is 1.19 bits per heavy atom. The van der Waals surface area contributed by atoms with E-state index in [4.69, 9.17) is 4.74 Å². The number of hydrogen-bond acceptors (Lipinski definition) is 3. The summed E-state index contributed by atoms with van der Waals surface area (Å²) in [5, 5.41) is 0. The van der Waals surface area contributed by atoms with E-state index in [1.54, 1.807) is 4.90 Å². The van der Waals surface area contributed by atoms with Crippen molar-refractivity contribution < 1.29 is 14.3 Å². The highest BCUT2D eigenvalue weighted by atomic mass is 16.5. The molecule has 1 atom stereocenters. The van der Waals surface area contributed by atoms with Crippen LogP contribution in [0.5, 0.6) is 0 Å². The number of nitrogens with zero attached hydrogens (tertiary/aromatic N) is 1. The molecule has 0 N–H and O–H groups in total. The second-order valence-corrected chi connectivity index (χ2v) is 8.53. The normalized spacial score (nSPS) is 24.8. The Labute approximate surface area is 155 Å². The van der Waals surface area contributed by atoms with Crippen LogP contribution >= 0.6 is 0 Å². The van der Waals surface area contributed by atoms with Gasteiger partial charge in [0.15, 0.2) is 12.5 Å². The summed E-state index contributed by atoms with van der Waals surface area (Å²) in [7, 11) is 0. The fourth-order valence-corrected chi connectivity index (χ4v) is 4.79. The van der Waals surface area contributed by atoms with Crippen molar-refractivity contribution in [1.82, 2.24) is 4.90 Å². The fourth-order valence-electron chi connectivity index (χ4n) is 4.79. The van der Waals surface area contributed by atoms with Gasteiger partial charge in [0, 0.05) is 5.92 Å². The van der Waals surface area contributed by atoms with Gasteiger partial charge < -0.3 is 4.74 Å². The van der Waals surface area contributed by atoms with E-state index in [1.165, 1.54) is 0 Å². The number of allylic oxidation sites excluding steroid dienone is 1. The van der Waals surface area contributed by atoms with Gasteiger partial charge in [0.05, 0.1) is 11.1 Å². The number of rotatable bonds is 4. The van der Waals surface area contributed by atoms with Gasteiger partial charge in [-0.3, -0.25) is 14.5 Å². The van der Waals surface area contributed by atoms with Crippen LogP contribution in [0, 0.1) is 11.3 Å². The molecule has 2 saturated carbocycles. The van der Waals surface area contributed by atoms with Crippen LogP contribution < -0.4 is 0 Å². The molecule has 1 amide bonds. The molecule has 4 rings (SSSR count). The predicted octanol–water partition coefficient (Wildman–Crippen LogP) is 4.16. The quantitative estimate of drug-likeness (QED) is 0.816. The molecule has 2 fully saturated rings. The Balaban J connectivity index is 1.63. The lowest BCUT2D eigenvalue weighted by Crippen LogP contribution is -2.57. The van der Waals surface area contributed by atoms with Crippen LogP contribution in [0.25, 0.3) is 5.57 Å². The molecule has 0 bridgehead atoms. The maximum Gasteiger partial charge on any atom is 0.261 e. The van der Waals surface area contributed by atoms with E-state index in [9.17, 15) is 9.59 Å². The second-order valence-electron chi connectivity index (χ2n) is 8.53. The van der Waals surface area contributed by atoms with Gasteiger partial charge in [-0.2, -0.15) is 0 Å². The van der Waals surface area contributed by atoms with E-state index in [0.29, 0.717) is 11.3 Å². The minimum Gasteiger partial charge on any atom is -0.477 e. The Kier molecular flexibility index (Phi) is 3.98. The lowest BCUT2D eigenvalue weighted by molar-refractivity contribution is -0.151. The van der Waals surface area contributed by atoms with Crippen LogP contribution in [0.2, 0.25) is 0 Å². The molecule has 1 aliphatic heterocycles. The lowest BCUT2D eigenvalue weighted by atomic mass is 9.79. The van der Waals surface area contributed by atoms with E-state index in [1.807, 2.05) is 51.1 Å². The summed E-state index contributed by atoms with van der Waals surface area (Å²) in [5.41, 5.74) is 0.776. The molecule has 4 nitrogen and oxygen atoms in total. The molecule has 3 aliphatic rings. The van der Waals surface area contributed by atoms with E-state index >= 15 is 0 Å². The summed E-state index contributed by atoms with van der Waals surface area (Å²) in [4.78, 5) is 28.4. The standard InChI is InChI=1S/C22H27NO3/c1-15-18(16-8-5-4-6-9-16)20(25)23(14-26-15)21(2,3)19(24)17-10-7-11-22(17)12-13-22/h4-6,8-9,17H,7,10-14H2,1-3H3. The van der Waals surface area contributed by atoms with Crippen molar-refractivity contribution in [3.63, 3.8) is 0 Å².